The molecule has 0 N–H and O–H groups in total. The van der Waals surface area contributed by atoms with Gasteiger partial charge in [-0.05, 0) is 27.2 Å². The van der Waals surface area contributed by atoms with Crippen LogP contribution < -0.4 is 0 Å². The highest BCUT2D eigenvalue weighted by molar-refractivity contribution is 5.70. The first-order valence-corrected chi connectivity index (χ1v) is 15.9. The van der Waals surface area contributed by atoms with E-state index in [1.165, 1.54) is 0 Å². The first-order valence-electron chi connectivity index (χ1n) is 15.9. The number of unbranched alkanes of at least 4 members (excludes halogenated alkanes) is 2. The van der Waals surface area contributed by atoms with Crippen molar-refractivity contribution in [3.8, 4) is 0 Å². The van der Waals surface area contributed by atoms with E-state index in [0.717, 1.165) is 19.3 Å². The molecule has 0 rings (SSSR count). The summed E-state index contributed by atoms with van der Waals surface area (Å²) in [6.45, 7) is 16.1. The van der Waals surface area contributed by atoms with Crippen molar-refractivity contribution >= 4 is 11.9 Å². The Balaban J connectivity index is 3.13. The molecule has 0 spiro atoms. The van der Waals surface area contributed by atoms with Gasteiger partial charge in [-0.1, -0.05) is 19.8 Å². The zero-order chi connectivity index (χ0) is 32.4. The normalized spacial score (nSPS) is 11.6. The van der Waals surface area contributed by atoms with Crippen molar-refractivity contribution in [3.63, 3.8) is 0 Å². The van der Waals surface area contributed by atoms with Crippen LogP contribution in [0.1, 0.15) is 59.8 Å². The molecular formula is C31H60O13. The highest BCUT2D eigenvalue weighted by Gasteiger charge is 2.15. The highest BCUT2D eigenvalue weighted by Crippen LogP contribution is 2.08. The van der Waals surface area contributed by atoms with Gasteiger partial charge >= 0.3 is 11.9 Å². The summed E-state index contributed by atoms with van der Waals surface area (Å²) in [7, 11) is 0. The van der Waals surface area contributed by atoms with Gasteiger partial charge in [-0.2, -0.15) is 0 Å². The average Bonchev–Trinajstić information content (AvgIpc) is 2.97. The van der Waals surface area contributed by atoms with E-state index in [1.54, 1.807) is 0 Å². The Kier molecular flexibility index (Phi) is 31.9. The Hall–Kier alpha value is -1.42. The SMILES string of the molecule is CCCCCC(=O)OCCOCCOCCOCCOCCOCCOCCOCCOCCOCCC(=O)OC(C)(C)C. The van der Waals surface area contributed by atoms with Crippen LogP contribution in [0.4, 0.5) is 0 Å². The molecule has 0 radical (unpaired) electrons. The summed E-state index contributed by atoms with van der Waals surface area (Å²) in [5.41, 5.74) is -0.474. The number of esters is 2. The zero-order valence-electron chi connectivity index (χ0n) is 27.8. The number of carbonyl (C=O) groups excluding carboxylic acids is 2. The minimum atomic E-state index is -0.474. The van der Waals surface area contributed by atoms with Crippen molar-refractivity contribution in [1.29, 1.82) is 0 Å². The Morgan fingerprint density at radius 2 is 0.727 bits per heavy atom. The lowest BCUT2D eigenvalue weighted by molar-refractivity contribution is -0.156. The summed E-state index contributed by atoms with van der Waals surface area (Å²) in [5.74, 6) is -0.429. The van der Waals surface area contributed by atoms with E-state index in [0.29, 0.717) is 125 Å². The van der Waals surface area contributed by atoms with Crippen LogP contribution in [-0.2, 0) is 61.7 Å². The molecule has 0 unspecified atom stereocenters. The summed E-state index contributed by atoms with van der Waals surface area (Å²) < 4.78 is 59.1. The molecule has 0 aliphatic carbocycles. The molecule has 44 heavy (non-hydrogen) atoms. The minimum absolute atomic E-state index is 0.163. The van der Waals surface area contributed by atoms with Crippen LogP contribution in [0, 0.1) is 0 Å². The van der Waals surface area contributed by atoms with Crippen molar-refractivity contribution in [2.45, 2.75) is 65.4 Å². The third kappa shape index (κ3) is 36.8. The molecule has 0 aromatic carbocycles. The molecule has 0 heterocycles. The van der Waals surface area contributed by atoms with Gasteiger partial charge in [0.1, 0.15) is 12.2 Å². The van der Waals surface area contributed by atoms with Gasteiger partial charge in [0.15, 0.2) is 0 Å². The minimum Gasteiger partial charge on any atom is -0.463 e. The van der Waals surface area contributed by atoms with Crippen LogP contribution in [-0.4, -0.2) is 143 Å². The van der Waals surface area contributed by atoms with Crippen LogP contribution in [0.15, 0.2) is 0 Å². The number of rotatable bonds is 34. The maximum Gasteiger partial charge on any atom is 0.308 e. The van der Waals surface area contributed by atoms with E-state index in [2.05, 4.69) is 6.92 Å². The second kappa shape index (κ2) is 33.0. The maximum atomic E-state index is 11.5. The van der Waals surface area contributed by atoms with E-state index in [1.807, 2.05) is 20.8 Å². The Morgan fingerprint density at radius 1 is 0.409 bits per heavy atom. The van der Waals surface area contributed by atoms with Crippen LogP contribution in [0.5, 0.6) is 0 Å². The fourth-order valence-corrected chi connectivity index (χ4v) is 3.22. The largest absolute Gasteiger partial charge is 0.463 e. The Morgan fingerprint density at radius 3 is 1.05 bits per heavy atom. The monoisotopic (exact) mass is 640 g/mol. The molecule has 0 bridgehead atoms. The molecule has 0 aliphatic rings. The number of carbonyl (C=O) groups is 2. The molecule has 13 nitrogen and oxygen atoms in total. The lowest BCUT2D eigenvalue weighted by Gasteiger charge is -2.19. The first kappa shape index (κ1) is 42.6. The van der Waals surface area contributed by atoms with Crippen molar-refractivity contribution in [2.24, 2.45) is 0 Å². The summed E-state index contributed by atoms with van der Waals surface area (Å²) >= 11 is 0. The van der Waals surface area contributed by atoms with Crippen LogP contribution in [0.3, 0.4) is 0 Å². The lowest BCUT2D eigenvalue weighted by atomic mass is 10.2. The molecule has 0 aromatic rings. The van der Waals surface area contributed by atoms with Crippen LogP contribution in [0.2, 0.25) is 0 Å². The quantitative estimate of drug-likeness (QED) is 0.0754. The molecule has 0 saturated carbocycles. The van der Waals surface area contributed by atoms with E-state index >= 15 is 0 Å². The summed E-state index contributed by atoms with van der Waals surface area (Å²) in [6.07, 6.45) is 3.71. The van der Waals surface area contributed by atoms with Crippen molar-refractivity contribution in [1.82, 2.24) is 0 Å². The molecule has 262 valence electrons. The second-order valence-corrected chi connectivity index (χ2v) is 10.5. The Labute approximate surface area is 264 Å². The van der Waals surface area contributed by atoms with Crippen molar-refractivity contribution in [2.75, 3.05) is 126 Å². The molecule has 0 amide bonds. The molecule has 0 atom stereocenters. The summed E-state index contributed by atoms with van der Waals surface area (Å²) in [6, 6.07) is 0. The lowest BCUT2D eigenvalue weighted by Crippen LogP contribution is -2.24. The molecule has 13 heteroatoms. The van der Waals surface area contributed by atoms with Gasteiger partial charge < -0.3 is 52.1 Å². The smallest absolute Gasteiger partial charge is 0.308 e. The van der Waals surface area contributed by atoms with Crippen LogP contribution in [0.25, 0.3) is 0 Å². The van der Waals surface area contributed by atoms with Gasteiger partial charge in [0.25, 0.3) is 0 Å². The standard InChI is InChI=1S/C31H60O13/c1-5-6-7-8-29(32)43-28-27-42-26-25-41-24-23-40-22-21-39-20-19-38-18-17-37-16-15-36-14-13-35-12-11-34-10-9-30(33)44-31(2,3)4/h5-28H2,1-4H3. The molecule has 0 fully saturated rings. The number of ether oxygens (including phenoxy) is 11. The van der Waals surface area contributed by atoms with E-state index in [-0.39, 0.29) is 25.0 Å². The molecule has 0 aromatic heterocycles. The van der Waals surface area contributed by atoms with Gasteiger partial charge in [0.2, 0.25) is 0 Å². The topological polar surface area (TPSA) is 136 Å². The van der Waals surface area contributed by atoms with E-state index in [9.17, 15) is 9.59 Å². The fraction of sp³-hybridized carbons (Fsp3) is 0.935. The third-order valence-electron chi connectivity index (χ3n) is 5.32. The highest BCUT2D eigenvalue weighted by atomic mass is 16.6. The van der Waals surface area contributed by atoms with Crippen molar-refractivity contribution < 1.29 is 61.7 Å². The summed E-state index contributed by atoms with van der Waals surface area (Å²) in [4.78, 5) is 23.0. The van der Waals surface area contributed by atoms with Gasteiger partial charge in [-0.15, -0.1) is 0 Å². The first-order chi connectivity index (χ1) is 21.3. The molecule has 0 aliphatic heterocycles. The van der Waals surface area contributed by atoms with Gasteiger partial charge in [-0.3, -0.25) is 9.59 Å². The average molecular weight is 641 g/mol. The second-order valence-electron chi connectivity index (χ2n) is 10.5. The predicted octanol–water partition coefficient (Wildman–Crippen LogP) is 2.99. The third-order valence-corrected chi connectivity index (χ3v) is 5.32. The van der Waals surface area contributed by atoms with Gasteiger partial charge in [-0.25, -0.2) is 0 Å². The Bertz CT molecular complexity index is 628. The van der Waals surface area contributed by atoms with Crippen LogP contribution >= 0.6 is 0 Å². The molecular weight excluding hydrogens is 580 g/mol. The number of hydrogen-bond donors (Lipinski definition) is 0. The van der Waals surface area contributed by atoms with E-state index in [4.69, 9.17) is 52.1 Å². The van der Waals surface area contributed by atoms with E-state index < -0.39 is 5.60 Å². The van der Waals surface area contributed by atoms with Crippen molar-refractivity contribution in [3.05, 3.63) is 0 Å². The molecule has 0 saturated heterocycles. The van der Waals surface area contributed by atoms with Gasteiger partial charge in [0, 0.05) is 6.42 Å². The maximum absolute atomic E-state index is 11.5. The fourth-order valence-electron chi connectivity index (χ4n) is 3.22. The summed E-state index contributed by atoms with van der Waals surface area (Å²) in [5, 5.41) is 0. The predicted molar refractivity (Wildman–Crippen MR) is 163 cm³/mol. The number of hydrogen-bond acceptors (Lipinski definition) is 13. The zero-order valence-corrected chi connectivity index (χ0v) is 27.8. The van der Waals surface area contributed by atoms with Gasteiger partial charge in [0.05, 0.1) is 125 Å².